The Morgan fingerprint density at radius 2 is 1.88 bits per heavy atom. The quantitative estimate of drug-likeness (QED) is 0.584. The van der Waals surface area contributed by atoms with Gasteiger partial charge in [-0.3, -0.25) is 4.79 Å². The third-order valence-electron chi connectivity index (χ3n) is 3.60. The van der Waals surface area contributed by atoms with Crippen molar-refractivity contribution in [3.05, 3.63) is 58.6 Å². The maximum absolute atomic E-state index is 12.1. The molecule has 0 unspecified atom stereocenters. The van der Waals surface area contributed by atoms with Crippen molar-refractivity contribution in [3.63, 3.8) is 0 Å². The highest BCUT2D eigenvalue weighted by atomic mass is 35.5. The van der Waals surface area contributed by atoms with Crippen LogP contribution in [0, 0.1) is 0 Å². The van der Waals surface area contributed by atoms with Gasteiger partial charge in [0.25, 0.3) is 0 Å². The van der Waals surface area contributed by atoms with Crippen LogP contribution in [-0.4, -0.2) is 26.4 Å². The third-order valence-corrected chi connectivity index (χ3v) is 5.31. The van der Waals surface area contributed by atoms with E-state index in [2.05, 4.69) is 15.5 Å². The molecular weight excluding hydrogens is 391 g/mol. The first kappa shape index (κ1) is 18.8. The van der Waals surface area contributed by atoms with Gasteiger partial charge in [-0.05, 0) is 37.3 Å². The minimum atomic E-state index is -0.0945. The summed E-state index contributed by atoms with van der Waals surface area (Å²) in [6, 6.07) is 14.7. The van der Waals surface area contributed by atoms with E-state index in [4.69, 9.17) is 23.2 Å². The standard InChI is InChI=1S/C18H16Cl2N4OS/c1-2-24-17(12-8-9-14(19)15(20)10-12)22-23-18(24)26-11-16(25)21-13-6-4-3-5-7-13/h3-10H,2,11H2,1H3,(H,21,25). The van der Waals surface area contributed by atoms with E-state index in [1.807, 2.05) is 47.9 Å². The Balaban J connectivity index is 1.72. The summed E-state index contributed by atoms with van der Waals surface area (Å²) in [5.41, 5.74) is 1.60. The van der Waals surface area contributed by atoms with E-state index in [1.165, 1.54) is 11.8 Å². The molecule has 0 radical (unpaired) electrons. The van der Waals surface area contributed by atoms with E-state index in [9.17, 15) is 4.79 Å². The number of carbonyl (C=O) groups excluding carboxylic acids is 1. The van der Waals surface area contributed by atoms with Crippen molar-refractivity contribution in [2.45, 2.75) is 18.6 Å². The highest BCUT2D eigenvalue weighted by Crippen LogP contribution is 2.29. The van der Waals surface area contributed by atoms with E-state index >= 15 is 0 Å². The Bertz CT molecular complexity index is 915. The molecule has 1 heterocycles. The van der Waals surface area contributed by atoms with Crippen LogP contribution < -0.4 is 5.32 Å². The van der Waals surface area contributed by atoms with Crippen LogP contribution >= 0.6 is 35.0 Å². The summed E-state index contributed by atoms with van der Waals surface area (Å²) < 4.78 is 1.94. The van der Waals surface area contributed by atoms with Crippen molar-refractivity contribution in [2.24, 2.45) is 0 Å². The number of thioether (sulfide) groups is 1. The molecular formula is C18H16Cl2N4OS. The molecule has 5 nitrogen and oxygen atoms in total. The van der Waals surface area contributed by atoms with E-state index in [0.29, 0.717) is 27.6 Å². The number of nitrogens with zero attached hydrogens (tertiary/aromatic N) is 3. The third kappa shape index (κ3) is 4.38. The molecule has 0 spiro atoms. The van der Waals surface area contributed by atoms with Crippen LogP contribution in [0.5, 0.6) is 0 Å². The number of aromatic nitrogens is 3. The van der Waals surface area contributed by atoms with Crippen LogP contribution in [0.2, 0.25) is 10.0 Å². The Labute approximate surface area is 165 Å². The molecule has 3 rings (SSSR count). The van der Waals surface area contributed by atoms with Crippen molar-refractivity contribution in [1.29, 1.82) is 0 Å². The lowest BCUT2D eigenvalue weighted by Crippen LogP contribution is -2.14. The Hall–Kier alpha value is -2.02. The molecule has 8 heteroatoms. The summed E-state index contributed by atoms with van der Waals surface area (Å²) in [6.45, 7) is 2.67. The number of nitrogens with one attached hydrogen (secondary N) is 1. The van der Waals surface area contributed by atoms with Gasteiger partial charge in [-0.15, -0.1) is 10.2 Å². The molecule has 1 N–H and O–H groups in total. The molecule has 1 amide bonds. The number of halogens is 2. The van der Waals surface area contributed by atoms with Gasteiger partial charge < -0.3 is 9.88 Å². The smallest absolute Gasteiger partial charge is 0.234 e. The predicted molar refractivity (Wildman–Crippen MR) is 107 cm³/mol. The first-order valence-corrected chi connectivity index (χ1v) is 9.69. The lowest BCUT2D eigenvalue weighted by molar-refractivity contribution is -0.113. The second kappa shape index (κ2) is 8.58. The Kier molecular flexibility index (Phi) is 6.19. The largest absolute Gasteiger partial charge is 0.325 e. The van der Waals surface area contributed by atoms with E-state index in [-0.39, 0.29) is 11.7 Å². The molecule has 0 fully saturated rings. The van der Waals surface area contributed by atoms with Crippen LogP contribution in [0.1, 0.15) is 6.92 Å². The van der Waals surface area contributed by atoms with Gasteiger partial charge in [0.1, 0.15) is 0 Å². The summed E-state index contributed by atoms with van der Waals surface area (Å²) in [4.78, 5) is 12.1. The summed E-state index contributed by atoms with van der Waals surface area (Å²) in [7, 11) is 0. The van der Waals surface area contributed by atoms with Gasteiger partial charge in [0.05, 0.1) is 15.8 Å². The van der Waals surface area contributed by atoms with Gasteiger partial charge in [0.15, 0.2) is 11.0 Å². The lowest BCUT2D eigenvalue weighted by atomic mass is 10.2. The topological polar surface area (TPSA) is 59.8 Å². The predicted octanol–water partition coefficient (Wildman–Crippen LogP) is 5.00. The average Bonchev–Trinajstić information content (AvgIpc) is 3.06. The fraction of sp³-hybridized carbons (Fsp3) is 0.167. The number of benzene rings is 2. The number of carbonyl (C=O) groups is 1. The fourth-order valence-electron chi connectivity index (χ4n) is 2.38. The molecule has 0 bridgehead atoms. The Morgan fingerprint density at radius 1 is 1.12 bits per heavy atom. The number of para-hydroxylation sites is 1. The van der Waals surface area contributed by atoms with E-state index in [0.717, 1.165) is 11.3 Å². The number of hydrogen-bond donors (Lipinski definition) is 1. The summed E-state index contributed by atoms with van der Waals surface area (Å²) in [5, 5.41) is 12.9. The van der Waals surface area contributed by atoms with Crippen LogP contribution in [0.15, 0.2) is 53.7 Å². The van der Waals surface area contributed by atoms with Gasteiger partial charge >= 0.3 is 0 Å². The molecule has 0 aliphatic heterocycles. The molecule has 26 heavy (non-hydrogen) atoms. The van der Waals surface area contributed by atoms with Crippen molar-refractivity contribution in [2.75, 3.05) is 11.1 Å². The Morgan fingerprint density at radius 3 is 2.58 bits per heavy atom. The molecule has 0 aliphatic carbocycles. The molecule has 1 aromatic heterocycles. The molecule has 0 saturated heterocycles. The number of amides is 1. The van der Waals surface area contributed by atoms with Crippen molar-refractivity contribution in [1.82, 2.24) is 14.8 Å². The highest BCUT2D eigenvalue weighted by molar-refractivity contribution is 7.99. The SMILES string of the molecule is CCn1c(SCC(=O)Nc2ccccc2)nnc1-c1ccc(Cl)c(Cl)c1. The van der Waals surface area contributed by atoms with Crippen molar-refractivity contribution in [3.8, 4) is 11.4 Å². The second-order valence-electron chi connectivity index (χ2n) is 5.38. The molecule has 3 aromatic rings. The van der Waals surface area contributed by atoms with Crippen molar-refractivity contribution >= 4 is 46.6 Å². The maximum Gasteiger partial charge on any atom is 0.234 e. The van der Waals surface area contributed by atoms with Crippen LogP contribution in [0.4, 0.5) is 5.69 Å². The zero-order chi connectivity index (χ0) is 18.5. The van der Waals surface area contributed by atoms with Gasteiger partial charge in [0, 0.05) is 17.8 Å². The van der Waals surface area contributed by atoms with Gasteiger partial charge in [-0.1, -0.05) is 53.2 Å². The molecule has 2 aromatic carbocycles. The normalized spacial score (nSPS) is 10.7. The molecule has 0 saturated carbocycles. The van der Waals surface area contributed by atoms with Crippen LogP contribution in [0.25, 0.3) is 11.4 Å². The second-order valence-corrected chi connectivity index (χ2v) is 7.14. The van der Waals surface area contributed by atoms with Gasteiger partial charge in [0.2, 0.25) is 5.91 Å². The monoisotopic (exact) mass is 406 g/mol. The number of hydrogen-bond acceptors (Lipinski definition) is 4. The van der Waals surface area contributed by atoms with Crippen LogP contribution in [-0.2, 0) is 11.3 Å². The summed E-state index contributed by atoms with van der Waals surface area (Å²) >= 11 is 13.4. The van der Waals surface area contributed by atoms with E-state index in [1.54, 1.807) is 12.1 Å². The van der Waals surface area contributed by atoms with Gasteiger partial charge in [-0.25, -0.2) is 0 Å². The molecule has 134 valence electrons. The zero-order valence-corrected chi connectivity index (χ0v) is 16.3. The number of rotatable bonds is 6. The average molecular weight is 407 g/mol. The maximum atomic E-state index is 12.1. The fourth-order valence-corrected chi connectivity index (χ4v) is 3.48. The zero-order valence-electron chi connectivity index (χ0n) is 13.9. The first-order chi connectivity index (χ1) is 12.6. The highest BCUT2D eigenvalue weighted by Gasteiger charge is 2.15. The first-order valence-electron chi connectivity index (χ1n) is 7.94. The number of anilines is 1. The summed E-state index contributed by atoms with van der Waals surface area (Å²) in [6.07, 6.45) is 0. The minimum absolute atomic E-state index is 0.0945. The van der Waals surface area contributed by atoms with Crippen molar-refractivity contribution < 1.29 is 4.79 Å². The lowest BCUT2D eigenvalue weighted by Gasteiger charge is -2.08. The molecule has 0 aliphatic rings. The minimum Gasteiger partial charge on any atom is -0.325 e. The van der Waals surface area contributed by atoms with Crippen LogP contribution in [0.3, 0.4) is 0 Å². The molecule has 0 atom stereocenters. The summed E-state index contributed by atoms with van der Waals surface area (Å²) in [5.74, 6) is 0.842. The van der Waals surface area contributed by atoms with E-state index < -0.39 is 0 Å². The van der Waals surface area contributed by atoms with Gasteiger partial charge in [-0.2, -0.15) is 0 Å².